The fourth-order valence-corrected chi connectivity index (χ4v) is 1.50. The highest BCUT2D eigenvalue weighted by Gasteiger charge is 2.05. The lowest BCUT2D eigenvalue weighted by molar-refractivity contribution is 0.182. The van der Waals surface area contributed by atoms with Crippen LogP contribution in [-0.4, -0.2) is 22.7 Å². The van der Waals surface area contributed by atoms with Crippen molar-refractivity contribution in [1.82, 2.24) is 10.3 Å². The molecule has 0 fully saturated rings. The van der Waals surface area contributed by atoms with Gasteiger partial charge in [-0.2, -0.15) is 0 Å². The molecule has 15 heavy (non-hydrogen) atoms. The summed E-state index contributed by atoms with van der Waals surface area (Å²) in [5.41, 5.74) is 1.11. The molecule has 0 aliphatic rings. The van der Waals surface area contributed by atoms with Crippen molar-refractivity contribution >= 4 is 11.6 Å². The first kappa shape index (κ1) is 12.4. The van der Waals surface area contributed by atoms with Crippen LogP contribution in [0.25, 0.3) is 0 Å². The van der Waals surface area contributed by atoms with Crippen LogP contribution in [0.15, 0.2) is 18.3 Å². The van der Waals surface area contributed by atoms with Crippen LogP contribution >= 0.6 is 11.6 Å². The van der Waals surface area contributed by atoms with Crippen LogP contribution in [-0.2, 0) is 0 Å². The zero-order valence-corrected chi connectivity index (χ0v) is 9.83. The molecular formula is C11H17ClN2O. The maximum Gasteiger partial charge on any atom is 0.129 e. The Kier molecular flexibility index (Phi) is 5.02. The average molecular weight is 229 g/mol. The van der Waals surface area contributed by atoms with Gasteiger partial charge in [-0.25, -0.2) is 4.98 Å². The molecule has 2 atom stereocenters. The van der Waals surface area contributed by atoms with E-state index < -0.39 is 0 Å². The van der Waals surface area contributed by atoms with Gasteiger partial charge < -0.3 is 10.4 Å². The molecule has 0 aliphatic heterocycles. The van der Waals surface area contributed by atoms with Gasteiger partial charge in [0.2, 0.25) is 0 Å². The van der Waals surface area contributed by atoms with Crippen molar-refractivity contribution in [3.63, 3.8) is 0 Å². The number of halogens is 1. The van der Waals surface area contributed by atoms with Gasteiger partial charge in [-0.1, -0.05) is 11.6 Å². The summed E-state index contributed by atoms with van der Waals surface area (Å²) in [5, 5.41) is 12.9. The predicted molar refractivity (Wildman–Crippen MR) is 62.0 cm³/mol. The number of aliphatic hydroxyl groups excluding tert-OH is 1. The number of hydrogen-bond donors (Lipinski definition) is 2. The third-order valence-electron chi connectivity index (χ3n) is 2.26. The van der Waals surface area contributed by atoms with E-state index in [0.717, 1.165) is 18.5 Å². The van der Waals surface area contributed by atoms with Crippen molar-refractivity contribution in [1.29, 1.82) is 0 Å². The molecule has 1 heterocycles. The molecule has 2 unspecified atom stereocenters. The normalized spacial score (nSPS) is 14.9. The molecule has 0 saturated carbocycles. The molecule has 0 aliphatic carbocycles. The summed E-state index contributed by atoms with van der Waals surface area (Å²) in [7, 11) is 0. The minimum absolute atomic E-state index is 0.226. The van der Waals surface area contributed by atoms with Crippen LogP contribution in [0.2, 0.25) is 5.15 Å². The van der Waals surface area contributed by atoms with E-state index in [0.29, 0.717) is 5.15 Å². The number of hydrogen-bond acceptors (Lipinski definition) is 3. The number of pyridine rings is 1. The molecule has 0 bridgehead atoms. The Labute approximate surface area is 95.5 Å². The molecule has 0 spiro atoms. The van der Waals surface area contributed by atoms with Crippen molar-refractivity contribution in [2.45, 2.75) is 32.4 Å². The zero-order chi connectivity index (χ0) is 11.3. The second-order valence-corrected chi connectivity index (χ2v) is 4.11. The Morgan fingerprint density at radius 1 is 1.53 bits per heavy atom. The van der Waals surface area contributed by atoms with Gasteiger partial charge in [-0.05, 0) is 44.5 Å². The van der Waals surface area contributed by atoms with Crippen LogP contribution in [0.4, 0.5) is 0 Å². The maximum absolute atomic E-state index is 9.11. The summed E-state index contributed by atoms with van der Waals surface area (Å²) in [4.78, 5) is 3.93. The Hall–Kier alpha value is -0.640. The lowest BCUT2D eigenvalue weighted by Crippen LogP contribution is -2.22. The van der Waals surface area contributed by atoms with Gasteiger partial charge >= 0.3 is 0 Å². The fraction of sp³-hybridized carbons (Fsp3) is 0.545. The summed E-state index contributed by atoms with van der Waals surface area (Å²) in [6.07, 6.45) is 2.19. The largest absolute Gasteiger partial charge is 0.393 e. The topological polar surface area (TPSA) is 45.1 Å². The smallest absolute Gasteiger partial charge is 0.129 e. The molecule has 1 aromatic heterocycles. The molecule has 0 aromatic carbocycles. The van der Waals surface area contributed by atoms with Gasteiger partial charge in [0, 0.05) is 12.2 Å². The SMILES string of the molecule is CC(O)CCNC(C)c1ccnc(Cl)c1. The zero-order valence-electron chi connectivity index (χ0n) is 9.07. The Bertz CT molecular complexity index is 304. The second kappa shape index (κ2) is 6.05. The summed E-state index contributed by atoms with van der Waals surface area (Å²) < 4.78 is 0. The van der Waals surface area contributed by atoms with E-state index in [1.54, 1.807) is 13.1 Å². The van der Waals surface area contributed by atoms with Crippen molar-refractivity contribution in [2.24, 2.45) is 0 Å². The van der Waals surface area contributed by atoms with E-state index in [2.05, 4.69) is 17.2 Å². The lowest BCUT2D eigenvalue weighted by atomic mass is 10.1. The summed E-state index contributed by atoms with van der Waals surface area (Å²) in [6.45, 7) is 4.64. The Balaban J connectivity index is 2.43. The van der Waals surface area contributed by atoms with Gasteiger partial charge in [0.25, 0.3) is 0 Å². The third-order valence-corrected chi connectivity index (χ3v) is 2.47. The van der Waals surface area contributed by atoms with Crippen LogP contribution in [0.5, 0.6) is 0 Å². The molecule has 1 rings (SSSR count). The molecule has 0 saturated heterocycles. The van der Waals surface area contributed by atoms with E-state index >= 15 is 0 Å². The van der Waals surface area contributed by atoms with E-state index in [-0.39, 0.29) is 12.1 Å². The molecular weight excluding hydrogens is 212 g/mol. The summed E-state index contributed by atoms with van der Waals surface area (Å²) in [6, 6.07) is 4.01. The van der Waals surface area contributed by atoms with E-state index in [1.807, 2.05) is 12.1 Å². The first-order valence-electron chi connectivity index (χ1n) is 5.12. The van der Waals surface area contributed by atoms with Crippen LogP contribution in [0, 0.1) is 0 Å². The minimum atomic E-state index is -0.259. The molecule has 0 amide bonds. The summed E-state index contributed by atoms with van der Waals surface area (Å²) in [5.74, 6) is 0. The first-order valence-corrected chi connectivity index (χ1v) is 5.50. The first-order chi connectivity index (χ1) is 7.09. The molecule has 1 aromatic rings. The number of aliphatic hydroxyl groups is 1. The number of rotatable bonds is 5. The molecule has 2 N–H and O–H groups in total. The average Bonchev–Trinajstić information content (AvgIpc) is 2.17. The Morgan fingerprint density at radius 2 is 2.27 bits per heavy atom. The number of aromatic nitrogens is 1. The number of nitrogens with one attached hydrogen (secondary N) is 1. The van der Waals surface area contributed by atoms with Crippen LogP contribution in [0.3, 0.4) is 0 Å². The van der Waals surface area contributed by atoms with Gasteiger partial charge in [0.05, 0.1) is 6.10 Å². The van der Waals surface area contributed by atoms with Gasteiger partial charge in [0.15, 0.2) is 0 Å². The van der Waals surface area contributed by atoms with Crippen molar-refractivity contribution < 1.29 is 5.11 Å². The highest BCUT2D eigenvalue weighted by atomic mass is 35.5. The van der Waals surface area contributed by atoms with Crippen molar-refractivity contribution in [3.05, 3.63) is 29.0 Å². The molecule has 84 valence electrons. The van der Waals surface area contributed by atoms with Gasteiger partial charge in [0.1, 0.15) is 5.15 Å². The van der Waals surface area contributed by atoms with E-state index in [9.17, 15) is 0 Å². The van der Waals surface area contributed by atoms with E-state index in [4.69, 9.17) is 16.7 Å². The quantitative estimate of drug-likeness (QED) is 0.760. The van der Waals surface area contributed by atoms with E-state index in [1.165, 1.54) is 0 Å². The van der Waals surface area contributed by atoms with Crippen molar-refractivity contribution in [3.8, 4) is 0 Å². The Morgan fingerprint density at radius 3 is 2.87 bits per heavy atom. The van der Waals surface area contributed by atoms with Gasteiger partial charge in [-0.3, -0.25) is 0 Å². The third kappa shape index (κ3) is 4.60. The fourth-order valence-electron chi connectivity index (χ4n) is 1.31. The van der Waals surface area contributed by atoms with Gasteiger partial charge in [-0.15, -0.1) is 0 Å². The highest BCUT2D eigenvalue weighted by Crippen LogP contribution is 2.14. The van der Waals surface area contributed by atoms with Crippen LogP contribution < -0.4 is 5.32 Å². The lowest BCUT2D eigenvalue weighted by Gasteiger charge is -2.14. The standard InChI is InChI=1S/C11H17ClN2O/c1-8(15)3-5-13-9(2)10-4-6-14-11(12)7-10/h4,6-9,13,15H,3,5H2,1-2H3. The second-order valence-electron chi connectivity index (χ2n) is 3.73. The molecule has 4 heteroatoms. The van der Waals surface area contributed by atoms with Crippen LogP contribution in [0.1, 0.15) is 31.9 Å². The predicted octanol–water partition coefficient (Wildman–Crippen LogP) is 2.16. The maximum atomic E-state index is 9.11. The highest BCUT2D eigenvalue weighted by molar-refractivity contribution is 6.29. The van der Waals surface area contributed by atoms with Crippen molar-refractivity contribution in [2.75, 3.05) is 6.54 Å². The molecule has 3 nitrogen and oxygen atoms in total. The monoisotopic (exact) mass is 228 g/mol. The summed E-state index contributed by atoms with van der Waals surface area (Å²) >= 11 is 5.79. The minimum Gasteiger partial charge on any atom is -0.393 e. The number of nitrogens with zero attached hydrogens (tertiary/aromatic N) is 1. The molecule has 0 radical (unpaired) electrons.